The number of benzene rings is 2. The Morgan fingerprint density at radius 3 is 2.50 bits per heavy atom. The molecule has 22 heavy (non-hydrogen) atoms. The van der Waals surface area contributed by atoms with Gasteiger partial charge in [-0.1, -0.05) is 36.4 Å². The molecular weight excluding hydrogens is 300 g/mol. The van der Waals surface area contributed by atoms with Crippen LogP contribution in [-0.2, 0) is 10.2 Å². The van der Waals surface area contributed by atoms with Crippen molar-refractivity contribution >= 4 is 27.7 Å². The number of hydrogen-bond donors (Lipinski definition) is 1. The predicted molar refractivity (Wildman–Crippen MR) is 87.5 cm³/mol. The van der Waals surface area contributed by atoms with E-state index in [0.717, 1.165) is 16.9 Å². The first-order valence-electron chi connectivity index (χ1n) is 6.62. The Labute approximate surface area is 129 Å². The molecule has 0 fully saturated rings. The van der Waals surface area contributed by atoms with Gasteiger partial charge in [0.25, 0.3) is 0 Å². The highest BCUT2D eigenvalue weighted by Crippen LogP contribution is 2.24. The molecule has 1 heterocycles. The van der Waals surface area contributed by atoms with Crippen molar-refractivity contribution < 1.29 is 13.2 Å². The maximum Gasteiger partial charge on any atom is 0.342 e. The van der Waals surface area contributed by atoms with E-state index in [4.69, 9.17) is 4.74 Å². The van der Waals surface area contributed by atoms with Crippen LogP contribution in [0.2, 0.25) is 0 Å². The zero-order chi connectivity index (χ0) is 15.6. The fourth-order valence-electron chi connectivity index (χ4n) is 2.15. The molecule has 6 heteroatoms. The quantitative estimate of drug-likeness (QED) is 0.947. The summed E-state index contributed by atoms with van der Waals surface area (Å²) < 4.78 is 34.8. The normalized spacial score (nSPS) is 15.8. The SMILES string of the molecule is COc1ccc(/C=C/C2=NS(=O)(=O)Nc3ccccc32)cc1. The fraction of sp³-hybridized carbons (Fsp3) is 0.0625. The van der Waals surface area contributed by atoms with Gasteiger partial charge in [-0.3, -0.25) is 4.72 Å². The molecule has 2 aromatic carbocycles. The lowest BCUT2D eigenvalue weighted by Gasteiger charge is -2.15. The zero-order valence-corrected chi connectivity index (χ0v) is 12.7. The molecule has 0 amide bonds. The zero-order valence-electron chi connectivity index (χ0n) is 11.9. The van der Waals surface area contributed by atoms with Gasteiger partial charge < -0.3 is 4.74 Å². The van der Waals surface area contributed by atoms with Gasteiger partial charge in [-0.15, -0.1) is 4.40 Å². The van der Waals surface area contributed by atoms with Crippen LogP contribution in [0.5, 0.6) is 5.75 Å². The lowest BCUT2D eigenvalue weighted by Crippen LogP contribution is -2.19. The average Bonchev–Trinajstić information content (AvgIpc) is 2.52. The van der Waals surface area contributed by atoms with Gasteiger partial charge in [0.15, 0.2) is 0 Å². The number of rotatable bonds is 3. The van der Waals surface area contributed by atoms with Crippen molar-refractivity contribution in [2.45, 2.75) is 0 Å². The van der Waals surface area contributed by atoms with Crippen LogP contribution in [0.3, 0.4) is 0 Å². The molecule has 0 aromatic heterocycles. The van der Waals surface area contributed by atoms with Crippen molar-refractivity contribution in [3.63, 3.8) is 0 Å². The second-order valence-electron chi connectivity index (χ2n) is 4.71. The Kier molecular flexibility index (Phi) is 3.68. The number of anilines is 1. The van der Waals surface area contributed by atoms with Crippen LogP contribution in [0.15, 0.2) is 59.0 Å². The summed E-state index contributed by atoms with van der Waals surface area (Å²) in [5.41, 5.74) is 2.62. The van der Waals surface area contributed by atoms with Crippen LogP contribution in [0.4, 0.5) is 5.69 Å². The van der Waals surface area contributed by atoms with Crippen molar-refractivity contribution in [2.75, 3.05) is 11.8 Å². The summed E-state index contributed by atoms with van der Waals surface area (Å²) >= 11 is 0. The molecule has 0 bridgehead atoms. The Morgan fingerprint density at radius 2 is 1.77 bits per heavy atom. The van der Waals surface area contributed by atoms with Crippen molar-refractivity contribution in [1.29, 1.82) is 0 Å². The summed E-state index contributed by atoms with van der Waals surface area (Å²) in [5, 5.41) is 0. The monoisotopic (exact) mass is 314 g/mol. The lowest BCUT2D eigenvalue weighted by atomic mass is 10.1. The standard InChI is InChI=1S/C16H14N2O3S/c1-21-13-9-6-12(7-10-13)8-11-16-14-4-2-3-5-15(14)17-22(19,20)18-16/h2-11,17H,1H3/b11-8+. The highest BCUT2D eigenvalue weighted by atomic mass is 32.2. The summed E-state index contributed by atoms with van der Waals surface area (Å²) in [5.74, 6) is 0.768. The first-order chi connectivity index (χ1) is 10.6. The molecule has 5 nitrogen and oxygen atoms in total. The van der Waals surface area contributed by atoms with Gasteiger partial charge >= 0.3 is 10.2 Å². The minimum Gasteiger partial charge on any atom is -0.497 e. The van der Waals surface area contributed by atoms with Crippen LogP contribution in [0.25, 0.3) is 6.08 Å². The fourth-order valence-corrected chi connectivity index (χ4v) is 3.07. The van der Waals surface area contributed by atoms with Crippen LogP contribution >= 0.6 is 0 Å². The Bertz CT molecular complexity index is 853. The number of nitrogens with one attached hydrogen (secondary N) is 1. The summed E-state index contributed by atoms with van der Waals surface area (Å²) in [7, 11) is -2.09. The molecule has 0 aliphatic carbocycles. The van der Waals surface area contributed by atoms with Gasteiger partial charge in [-0.2, -0.15) is 8.42 Å². The van der Waals surface area contributed by atoms with E-state index >= 15 is 0 Å². The molecule has 0 saturated carbocycles. The molecule has 112 valence electrons. The Hall–Kier alpha value is -2.60. The number of allylic oxidation sites excluding steroid dienone is 1. The first-order valence-corrected chi connectivity index (χ1v) is 8.06. The van der Waals surface area contributed by atoms with Crippen LogP contribution in [0, 0.1) is 0 Å². The maximum absolute atomic E-state index is 11.8. The van der Waals surface area contributed by atoms with Crippen LogP contribution in [0.1, 0.15) is 11.1 Å². The Balaban J connectivity index is 1.95. The molecule has 1 N–H and O–H groups in total. The molecule has 2 aromatic rings. The average molecular weight is 314 g/mol. The third kappa shape index (κ3) is 3.01. The van der Waals surface area contributed by atoms with E-state index in [-0.39, 0.29) is 0 Å². The molecular formula is C16H14N2O3S. The van der Waals surface area contributed by atoms with Gasteiger partial charge in [0.05, 0.1) is 18.5 Å². The van der Waals surface area contributed by atoms with E-state index in [1.165, 1.54) is 0 Å². The number of nitrogens with zero attached hydrogens (tertiary/aromatic N) is 1. The summed E-state index contributed by atoms with van der Waals surface area (Å²) in [6, 6.07) is 14.6. The highest BCUT2D eigenvalue weighted by Gasteiger charge is 2.20. The highest BCUT2D eigenvalue weighted by molar-refractivity contribution is 7.91. The van der Waals surface area contributed by atoms with Crippen molar-refractivity contribution in [1.82, 2.24) is 0 Å². The van der Waals surface area contributed by atoms with E-state index in [1.807, 2.05) is 42.5 Å². The summed E-state index contributed by atoms with van der Waals surface area (Å²) in [4.78, 5) is 0. The minimum absolute atomic E-state index is 0.408. The van der Waals surface area contributed by atoms with Gasteiger partial charge in [0, 0.05) is 5.56 Å². The van der Waals surface area contributed by atoms with Gasteiger partial charge in [-0.25, -0.2) is 0 Å². The summed E-state index contributed by atoms with van der Waals surface area (Å²) in [6.07, 6.45) is 3.51. The second-order valence-corrected chi connectivity index (χ2v) is 6.04. The number of hydrogen-bond acceptors (Lipinski definition) is 3. The Morgan fingerprint density at radius 1 is 1.05 bits per heavy atom. The van der Waals surface area contributed by atoms with E-state index in [0.29, 0.717) is 11.4 Å². The molecule has 0 saturated heterocycles. The van der Waals surface area contributed by atoms with Gasteiger partial charge in [0.1, 0.15) is 5.75 Å². The molecule has 1 aliphatic heterocycles. The van der Waals surface area contributed by atoms with E-state index in [9.17, 15) is 8.42 Å². The topological polar surface area (TPSA) is 67.8 Å². The smallest absolute Gasteiger partial charge is 0.342 e. The van der Waals surface area contributed by atoms with Gasteiger partial charge in [0.2, 0.25) is 0 Å². The second kappa shape index (κ2) is 5.65. The van der Waals surface area contributed by atoms with Crippen molar-refractivity contribution in [3.8, 4) is 5.75 Å². The predicted octanol–water partition coefficient (Wildman–Crippen LogP) is 2.87. The molecule has 0 atom stereocenters. The molecule has 0 radical (unpaired) electrons. The number of methoxy groups -OCH3 is 1. The number of fused-ring (bicyclic) bond motifs is 1. The van der Waals surface area contributed by atoms with E-state index < -0.39 is 10.2 Å². The van der Waals surface area contributed by atoms with Crippen molar-refractivity contribution in [3.05, 3.63) is 65.7 Å². The molecule has 0 unspecified atom stereocenters. The first kappa shape index (κ1) is 14.3. The van der Waals surface area contributed by atoms with Crippen LogP contribution < -0.4 is 9.46 Å². The molecule has 3 rings (SSSR count). The van der Waals surface area contributed by atoms with Crippen LogP contribution in [-0.4, -0.2) is 21.2 Å². The third-order valence-corrected chi connectivity index (χ3v) is 4.12. The minimum atomic E-state index is -3.69. The summed E-state index contributed by atoms with van der Waals surface area (Å²) in [6.45, 7) is 0. The van der Waals surface area contributed by atoms with E-state index in [1.54, 1.807) is 25.3 Å². The number of para-hydroxylation sites is 1. The molecule has 0 spiro atoms. The molecule has 1 aliphatic rings. The van der Waals surface area contributed by atoms with Crippen molar-refractivity contribution in [2.24, 2.45) is 4.40 Å². The maximum atomic E-state index is 11.8. The lowest BCUT2D eigenvalue weighted by molar-refractivity contribution is 0.415. The van der Waals surface area contributed by atoms with E-state index in [2.05, 4.69) is 9.12 Å². The van der Waals surface area contributed by atoms with Gasteiger partial charge in [-0.05, 0) is 29.8 Å². The largest absolute Gasteiger partial charge is 0.497 e. The number of ether oxygens (including phenoxy) is 1. The third-order valence-electron chi connectivity index (χ3n) is 3.21.